The van der Waals surface area contributed by atoms with Crippen LogP contribution in [-0.2, 0) is 0 Å². The number of carbonyl (C=O) groups is 1. The van der Waals surface area contributed by atoms with E-state index >= 15 is 0 Å². The minimum atomic E-state index is -1.32. The molecule has 0 amide bonds. The molecule has 0 radical (unpaired) electrons. The predicted molar refractivity (Wildman–Crippen MR) is 53.1 cm³/mol. The monoisotopic (exact) mass is 194 g/mol. The first-order valence-corrected chi connectivity index (χ1v) is 4.62. The number of Topliss-reactive ketones (excluding diaryl/α,β-unsaturated/α-hetero) is 1. The van der Waals surface area contributed by atoms with Gasteiger partial charge in [-0.1, -0.05) is 37.3 Å². The molecule has 1 aromatic rings. The van der Waals surface area contributed by atoms with Crippen LogP contribution in [0.2, 0.25) is 0 Å². The summed E-state index contributed by atoms with van der Waals surface area (Å²) in [5.74, 6) is -0.431. The fourth-order valence-corrected chi connectivity index (χ4v) is 1.17. The number of aliphatic hydroxyl groups is 2. The number of hydrogen-bond donors (Lipinski definition) is 2. The summed E-state index contributed by atoms with van der Waals surface area (Å²) in [5.41, 5.74) is 0.424. The summed E-state index contributed by atoms with van der Waals surface area (Å²) in [4.78, 5) is 11.5. The van der Waals surface area contributed by atoms with E-state index in [0.29, 0.717) is 12.0 Å². The molecule has 0 aliphatic rings. The summed E-state index contributed by atoms with van der Waals surface area (Å²) in [6, 6.07) is 8.47. The number of carbonyl (C=O) groups excluding carboxylic acids is 1. The van der Waals surface area contributed by atoms with Crippen molar-refractivity contribution in [2.45, 2.75) is 25.6 Å². The third-order valence-corrected chi connectivity index (χ3v) is 2.11. The summed E-state index contributed by atoms with van der Waals surface area (Å²) in [6.45, 7) is 1.71. The van der Waals surface area contributed by atoms with Crippen molar-refractivity contribution in [1.82, 2.24) is 0 Å². The second-order valence-electron chi connectivity index (χ2n) is 3.15. The molecule has 2 unspecified atom stereocenters. The summed E-state index contributed by atoms with van der Waals surface area (Å²) >= 11 is 0. The standard InChI is InChI=1S/C11H14O3/c1-2-9(12)11(14)10(13)8-6-4-3-5-7-8/h3-7,9,11-12,14H,2H2,1H3. The molecular formula is C11H14O3. The Morgan fingerprint density at radius 3 is 2.36 bits per heavy atom. The largest absolute Gasteiger partial charge is 0.390 e. The molecule has 3 nitrogen and oxygen atoms in total. The van der Waals surface area contributed by atoms with Gasteiger partial charge in [-0.2, -0.15) is 0 Å². The Labute approximate surface area is 83.0 Å². The van der Waals surface area contributed by atoms with Crippen molar-refractivity contribution in [3.8, 4) is 0 Å². The van der Waals surface area contributed by atoms with Crippen LogP contribution < -0.4 is 0 Å². The first kappa shape index (κ1) is 10.9. The topological polar surface area (TPSA) is 57.5 Å². The molecule has 0 heterocycles. The van der Waals surface area contributed by atoms with Gasteiger partial charge in [-0.05, 0) is 6.42 Å². The minimum Gasteiger partial charge on any atom is -0.390 e. The summed E-state index contributed by atoms with van der Waals surface area (Å²) < 4.78 is 0. The first-order chi connectivity index (χ1) is 6.66. The van der Waals surface area contributed by atoms with Crippen molar-refractivity contribution in [1.29, 1.82) is 0 Å². The highest BCUT2D eigenvalue weighted by molar-refractivity contribution is 5.99. The van der Waals surface area contributed by atoms with Crippen LogP contribution in [-0.4, -0.2) is 28.2 Å². The molecule has 0 saturated carbocycles. The van der Waals surface area contributed by atoms with E-state index in [4.69, 9.17) is 0 Å². The van der Waals surface area contributed by atoms with E-state index in [1.54, 1.807) is 37.3 Å². The average Bonchev–Trinajstić information content (AvgIpc) is 2.27. The average molecular weight is 194 g/mol. The molecule has 76 valence electrons. The van der Waals surface area contributed by atoms with E-state index in [9.17, 15) is 15.0 Å². The van der Waals surface area contributed by atoms with E-state index in [1.807, 2.05) is 0 Å². The van der Waals surface area contributed by atoms with Gasteiger partial charge in [0.2, 0.25) is 0 Å². The maximum absolute atomic E-state index is 11.5. The zero-order chi connectivity index (χ0) is 10.6. The van der Waals surface area contributed by atoms with Gasteiger partial charge >= 0.3 is 0 Å². The number of benzene rings is 1. The van der Waals surface area contributed by atoms with Crippen LogP contribution in [0.25, 0.3) is 0 Å². The first-order valence-electron chi connectivity index (χ1n) is 4.62. The molecule has 0 bridgehead atoms. The van der Waals surface area contributed by atoms with Crippen LogP contribution in [0.1, 0.15) is 23.7 Å². The van der Waals surface area contributed by atoms with Gasteiger partial charge in [0, 0.05) is 5.56 Å². The molecular weight excluding hydrogens is 180 g/mol. The molecule has 0 spiro atoms. The van der Waals surface area contributed by atoms with Gasteiger partial charge in [0.1, 0.15) is 6.10 Å². The Hall–Kier alpha value is -1.19. The molecule has 14 heavy (non-hydrogen) atoms. The highest BCUT2D eigenvalue weighted by Crippen LogP contribution is 2.08. The van der Waals surface area contributed by atoms with Gasteiger partial charge in [-0.15, -0.1) is 0 Å². The Bertz CT molecular complexity index is 295. The van der Waals surface area contributed by atoms with Crippen LogP contribution in [0.4, 0.5) is 0 Å². The van der Waals surface area contributed by atoms with Gasteiger partial charge in [-0.25, -0.2) is 0 Å². The lowest BCUT2D eigenvalue weighted by molar-refractivity contribution is 0.0199. The van der Waals surface area contributed by atoms with E-state index < -0.39 is 18.0 Å². The maximum atomic E-state index is 11.5. The highest BCUT2D eigenvalue weighted by atomic mass is 16.3. The van der Waals surface area contributed by atoms with Crippen molar-refractivity contribution < 1.29 is 15.0 Å². The third-order valence-electron chi connectivity index (χ3n) is 2.11. The van der Waals surface area contributed by atoms with Crippen molar-refractivity contribution in [3.05, 3.63) is 35.9 Å². The van der Waals surface area contributed by atoms with Crippen LogP contribution in [0.5, 0.6) is 0 Å². The van der Waals surface area contributed by atoms with E-state index in [0.717, 1.165) is 0 Å². The minimum absolute atomic E-state index is 0.361. The van der Waals surface area contributed by atoms with E-state index in [-0.39, 0.29) is 0 Å². The van der Waals surface area contributed by atoms with Gasteiger partial charge in [0.25, 0.3) is 0 Å². The fourth-order valence-electron chi connectivity index (χ4n) is 1.17. The Morgan fingerprint density at radius 1 is 1.29 bits per heavy atom. The summed E-state index contributed by atoms with van der Waals surface area (Å²) in [5, 5.41) is 18.7. The zero-order valence-electron chi connectivity index (χ0n) is 8.05. The van der Waals surface area contributed by atoms with Crippen molar-refractivity contribution >= 4 is 5.78 Å². The fraction of sp³-hybridized carbons (Fsp3) is 0.364. The van der Waals surface area contributed by atoms with E-state index in [1.165, 1.54) is 0 Å². The lowest BCUT2D eigenvalue weighted by Gasteiger charge is -2.14. The summed E-state index contributed by atoms with van der Waals surface area (Å²) in [7, 11) is 0. The van der Waals surface area contributed by atoms with E-state index in [2.05, 4.69) is 0 Å². The van der Waals surface area contributed by atoms with Gasteiger partial charge < -0.3 is 10.2 Å². The molecule has 2 N–H and O–H groups in total. The second kappa shape index (κ2) is 4.88. The molecule has 0 fully saturated rings. The molecule has 0 aliphatic heterocycles. The number of rotatable bonds is 4. The van der Waals surface area contributed by atoms with Crippen LogP contribution in [0.3, 0.4) is 0 Å². The normalized spacial score (nSPS) is 14.8. The van der Waals surface area contributed by atoms with Gasteiger partial charge in [-0.3, -0.25) is 4.79 Å². The van der Waals surface area contributed by atoms with Gasteiger partial charge in [0.05, 0.1) is 6.10 Å². The highest BCUT2D eigenvalue weighted by Gasteiger charge is 2.23. The Morgan fingerprint density at radius 2 is 1.86 bits per heavy atom. The van der Waals surface area contributed by atoms with Gasteiger partial charge in [0.15, 0.2) is 5.78 Å². The quantitative estimate of drug-likeness (QED) is 0.703. The molecule has 1 rings (SSSR count). The summed E-state index contributed by atoms with van der Waals surface area (Å²) in [6.07, 6.45) is -1.94. The molecule has 1 aromatic carbocycles. The lowest BCUT2D eigenvalue weighted by atomic mass is 10.0. The Balaban J connectivity index is 2.76. The van der Waals surface area contributed by atoms with Crippen LogP contribution in [0, 0.1) is 0 Å². The SMILES string of the molecule is CCC(O)C(O)C(=O)c1ccccc1. The van der Waals surface area contributed by atoms with Crippen molar-refractivity contribution in [3.63, 3.8) is 0 Å². The third kappa shape index (κ3) is 2.40. The molecule has 0 aliphatic carbocycles. The molecule has 0 saturated heterocycles. The van der Waals surface area contributed by atoms with Crippen molar-refractivity contribution in [2.75, 3.05) is 0 Å². The van der Waals surface area contributed by atoms with Crippen molar-refractivity contribution in [2.24, 2.45) is 0 Å². The molecule has 0 aromatic heterocycles. The number of ketones is 1. The van der Waals surface area contributed by atoms with Crippen LogP contribution in [0.15, 0.2) is 30.3 Å². The smallest absolute Gasteiger partial charge is 0.193 e. The molecule has 3 heteroatoms. The lowest BCUT2D eigenvalue weighted by Crippen LogP contribution is -2.33. The molecule has 2 atom stereocenters. The number of hydrogen-bond acceptors (Lipinski definition) is 3. The number of aliphatic hydroxyl groups excluding tert-OH is 2. The van der Waals surface area contributed by atoms with Crippen LogP contribution >= 0.6 is 0 Å². The maximum Gasteiger partial charge on any atom is 0.193 e. The second-order valence-corrected chi connectivity index (χ2v) is 3.15. The zero-order valence-corrected chi connectivity index (χ0v) is 8.05. The predicted octanol–water partition coefficient (Wildman–Crippen LogP) is 1.00. The Kier molecular flexibility index (Phi) is 3.80.